The smallest absolute Gasteiger partial charge is 0.144 e. The van der Waals surface area contributed by atoms with Crippen molar-refractivity contribution in [3.63, 3.8) is 0 Å². The molecular formula is C15H19Cl2NO. The third-order valence-electron chi connectivity index (χ3n) is 4.14. The lowest BCUT2D eigenvalue weighted by Crippen LogP contribution is -2.45. The van der Waals surface area contributed by atoms with E-state index in [-0.39, 0.29) is 11.2 Å². The molecule has 1 aromatic rings. The number of Topliss-reactive ketones (excluding diaryl/α,β-unsaturated/α-hetero) is 1. The Morgan fingerprint density at radius 3 is 2.58 bits per heavy atom. The number of piperidine rings is 1. The van der Waals surface area contributed by atoms with E-state index in [2.05, 4.69) is 12.2 Å². The van der Waals surface area contributed by atoms with Crippen molar-refractivity contribution in [3.05, 3.63) is 33.8 Å². The Bertz CT molecular complexity index is 447. The molecule has 1 aromatic carbocycles. The molecule has 0 bridgehead atoms. The number of hydrogen-bond donors (Lipinski definition) is 1. The average Bonchev–Trinajstić information content (AvgIpc) is 2.43. The lowest BCUT2D eigenvalue weighted by Gasteiger charge is -2.35. The molecule has 2 rings (SSSR count). The predicted molar refractivity (Wildman–Crippen MR) is 80.0 cm³/mol. The highest BCUT2D eigenvalue weighted by Gasteiger charge is 2.37. The first-order chi connectivity index (χ1) is 9.09. The summed E-state index contributed by atoms with van der Waals surface area (Å²) in [7, 11) is 0. The Balaban J connectivity index is 2.20. The summed E-state index contributed by atoms with van der Waals surface area (Å²) in [5.41, 5.74) is 0.509. The maximum Gasteiger partial charge on any atom is 0.144 e. The fourth-order valence-corrected chi connectivity index (χ4v) is 3.29. The van der Waals surface area contributed by atoms with E-state index in [1.54, 1.807) is 18.2 Å². The van der Waals surface area contributed by atoms with Gasteiger partial charge >= 0.3 is 0 Å². The lowest BCUT2D eigenvalue weighted by molar-refractivity contribution is -0.129. The van der Waals surface area contributed by atoms with Gasteiger partial charge < -0.3 is 5.32 Å². The van der Waals surface area contributed by atoms with E-state index in [0.29, 0.717) is 16.5 Å². The largest absolute Gasteiger partial charge is 0.316 e. The number of rotatable bonds is 4. The van der Waals surface area contributed by atoms with Crippen LogP contribution in [0.2, 0.25) is 10.0 Å². The Hall–Kier alpha value is -0.570. The van der Waals surface area contributed by atoms with Crippen molar-refractivity contribution in [2.75, 3.05) is 13.1 Å². The van der Waals surface area contributed by atoms with Crippen LogP contribution < -0.4 is 5.32 Å². The highest BCUT2D eigenvalue weighted by Crippen LogP contribution is 2.34. The van der Waals surface area contributed by atoms with Gasteiger partial charge in [0.05, 0.1) is 0 Å². The van der Waals surface area contributed by atoms with E-state index in [4.69, 9.17) is 23.2 Å². The summed E-state index contributed by atoms with van der Waals surface area (Å²) >= 11 is 12.3. The first-order valence-corrected chi connectivity index (χ1v) is 7.51. The monoisotopic (exact) mass is 299 g/mol. The summed E-state index contributed by atoms with van der Waals surface area (Å²) in [6.45, 7) is 3.85. The first kappa shape index (κ1) is 14.8. The van der Waals surface area contributed by atoms with Crippen molar-refractivity contribution < 1.29 is 4.79 Å². The van der Waals surface area contributed by atoms with E-state index in [1.165, 1.54) is 0 Å². The Morgan fingerprint density at radius 1 is 1.37 bits per heavy atom. The second-order valence-corrected chi connectivity index (χ2v) is 6.03. The third-order valence-corrected chi connectivity index (χ3v) is 4.85. The van der Waals surface area contributed by atoms with Gasteiger partial charge in [0.2, 0.25) is 0 Å². The average molecular weight is 300 g/mol. The summed E-state index contributed by atoms with van der Waals surface area (Å²) in [5.74, 6) is 0.247. The number of hydrogen-bond acceptors (Lipinski definition) is 2. The standard InChI is InChI=1S/C15H19Cl2NO/c1-2-15(7-4-8-18-10-15)14(19)9-11-12(16)5-3-6-13(11)17/h3,5-6,18H,2,4,7-10H2,1H3. The molecule has 0 amide bonds. The molecule has 0 spiro atoms. The predicted octanol–water partition coefficient (Wildman–Crippen LogP) is 3.88. The zero-order valence-electron chi connectivity index (χ0n) is 11.1. The van der Waals surface area contributed by atoms with Gasteiger partial charge in [-0.15, -0.1) is 0 Å². The van der Waals surface area contributed by atoms with Gasteiger partial charge in [0.25, 0.3) is 0 Å². The summed E-state index contributed by atoms with van der Waals surface area (Å²) in [6, 6.07) is 5.37. The number of benzene rings is 1. The minimum atomic E-state index is -0.249. The van der Waals surface area contributed by atoms with E-state index < -0.39 is 0 Å². The highest BCUT2D eigenvalue weighted by atomic mass is 35.5. The third kappa shape index (κ3) is 3.13. The van der Waals surface area contributed by atoms with Crippen molar-refractivity contribution in [3.8, 4) is 0 Å². The van der Waals surface area contributed by atoms with Crippen LogP contribution in [0.5, 0.6) is 0 Å². The molecule has 104 valence electrons. The molecule has 0 radical (unpaired) electrons. The van der Waals surface area contributed by atoms with Crippen LogP contribution in [0.25, 0.3) is 0 Å². The number of nitrogens with one attached hydrogen (secondary N) is 1. The topological polar surface area (TPSA) is 29.1 Å². The highest BCUT2D eigenvalue weighted by molar-refractivity contribution is 6.36. The van der Waals surface area contributed by atoms with E-state index in [1.807, 2.05) is 0 Å². The molecule has 1 N–H and O–H groups in total. The second-order valence-electron chi connectivity index (χ2n) is 5.21. The van der Waals surface area contributed by atoms with E-state index in [9.17, 15) is 4.79 Å². The van der Waals surface area contributed by atoms with Gasteiger partial charge in [0.15, 0.2) is 0 Å². The molecule has 0 aliphatic carbocycles. The molecule has 0 saturated carbocycles. The molecule has 2 nitrogen and oxygen atoms in total. The van der Waals surface area contributed by atoms with Crippen LogP contribution in [0.15, 0.2) is 18.2 Å². The van der Waals surface area contributed by atoms with Crippen molar-refractivity contribution >= 4 is 29.0 Å². The van der Waals surface area contributed by atoms with Gasteiger partial charge in [-0.05, 0) is 43.5 Å². The molecular weight excluding hydrogens is 281 g/mol. The van der Waals surface area contributed by atoms with Crippen molar-refractivity contribution in [2.45, 2.75) is 32.6 Å². The fourth-order valence-electron chi connectivity index (χ4n) is 2.75. The normalized spacial score (nSPS) is 23.3. The zero-order valence-corrected chi connectivity index (χ0v) is 12.7. The lowest BCUT2D eigenvalue weighted by atomic mass is 9.73. The minimum absolute atomic E-state index is 0.247. The van der Waals surface area contributed by atoms with Crippen LogP contribution >= 0.6 is 23.2 Å². The van der Waals surface area contributed by atoms with Gasteiger partial charge in [-0.2, -0.15) is 0 Å². The molecule has 1 unspecified atom stereocenters. The molecule has 1 aliphatic rings. The Labute approximate surface area is 124 Å². The molecule has 0 aromatic heterocycles. The van der Waals surface area contributed by atoms with Crippen LogP contribution in [0.4, 0.5) is 0 Å². The molecule has 4 heteroatoms. The van der Waals surface area contributed by atoms with Crippen LogP contribution in [-0.2, 0) is 11.2 Å². The Morgan fingerprint density at radius 2 is 2.05 bits per heavy atom. The minimum Gasteiger partial charge on any atom is -0.316 e. The van der Waals surface area contributed by atoms with Crippen molar-refractivity contribution in [2.24, 2.45) is 5.41 Å². The number of halogens is 2. The van der Waals surface area contributed by atoms with Crippen LogP contribution in [0.3, 0.4) is 0 Å². The molecule has 1 saturated heterocycles. The van der Waals surface area contributed by atoms with Gasteiger partial charge in [-0.3, -0.25) is 4.79 Å². The summed E-state index contributed by atoms with van der Waals surface area (Å²) in [4.78, 5) is 12.7. The summed E-state index contributed by atoms with van der Waals surface area (Å²) in [6.07, 6.45) is 3.20. The van der Waals surface area contributed by atoms with Gasteiger partial charge in [0, 0.05) is 28.4 Å². The van der Waals surface area contributed by atoms with Crippen LogP contribution in [-0.4, -0.2) is 18.9 Å². The van der Waals surface area contributed by atoms with Crippen LogP contribution in [0.1, 0.15) is 31.7 Å². The van der Waals surface area contributed by atoms with E-state index >= 15 is 0 Å². The van der Waals surface area contributed by atoms with Gasteiger partial charge in [-0.1, -0.05) is 36.2 Å². The van der Waals surface area contributed by atoms with Gasteiger partial charge in [-0.25, -0.2) is 0 Å². The maximum atomic E-state index is 12.7. The SMILES string of the molecule is CCC1(C(=O)Cc2c(Cl)cccc2Cl)CCCNC1. The second kappa shape index (κ2) is 6.25. The molecule has 1 fully saturated rings. The van der Waals surface area contributed by atoms with E-state index in [0.717, 1.165) is 37.9 Å². The summed E-state index contributed by atoms with van der Waals surface area (Å²) < 4.78 is 0. The molecule has 1 aliphatic heterocycles. The molecule has 1 heterocycles. The maximum absolute atomic E-state index is 12.7. The molecule has 19 heavy (non-hydrogen) atoms. The zero-order chi connectivity index (χ0) is 13.9. The quantitative estimate of drug-likeness (QED) is 0.914. The first-order valence-electron chi connectivity index (χ1n) is 6.76. The van der Waals surface area contributed by atoms with Gasteiger partial charge in [0.1, 0.15) is 5.78 Å². The number of carbonyl (C=O) groups is 1. The fraction of sp³-hybridized carbons (Fsp3) is 0.533. The Kier molecular flexibility index (Phi) is 4.88. The number of ketones is 1. The van der Waals surface area contributed by atoms with Crippen molar-refractivity contribution in [1.29, 1.82) is 0 Å². The molecule has 1 atom stereocenters. The number of carbonyl (C=O) groups excluding carboxylic acids is 1. The van der Waals surface area contributed by atoms with Crippen molar-refractivity contribution in [1.82, 2.24) is 5.32 Å². The van der Waals surface area contributed by atoms with Crippen LogP contribution in [0, 0.1) is 5.41 Å². The summed E-state index contributed by atoms with van der Waals surface area (Å²) in [5, 5.41) is 4.49.